The molecule has 16 heavy (non-hydrogen) atoms. The quantitative estimate of drug-likeness (QED) is 0.589. The average molecular weight is 233 g/mol. The van der Waals surface area contributed by atoms with Crippen molar-refractivity contribution in [1.29, 1.82) is 0 Å². The van der Waals surface area contributed by atoms with Crippen molar-refractivity contribution in [2.24, 2.45) is 5.92 Å². The van der Waals surface area contributed by atoms with Gasteiger partial charge in [-0.2, -0.15) is 0 Å². The molecule has 1 N–H and O–H groups in total. The van der Waals surface area contributed by atoms with Gasteiger partial charge in [-0.15, -0.1) is 0 Å². The predicted octanol–water partition coefficient (Wildman–Crippen LogP) is 2.70. The van der Waals surface area contributed by atoms with Gasteiger partial charge in [-0.3, -0.25) is 0 Å². The summed E-state index contributed by atoms with van der Waals surface area (Å²) in [5.41, 5.74) is 0. The van der Waals surface area contributed by atoms with Gasteiger partial charge in [-0.1, -0.05) is 34.6 Å². The number of hydrogen-bond donors (Lipinski definition) is 1. The molecule has 0 aromatic heterocycles. The maximum absolute atomic E-state index is 5.37. The standard InChI is InChI=1S/C11H25NO2.C2H6/c1-4-6-13-8-9-14-7-5-12-10-11(2)3;1-2/h11-12H,4-10H2,1-3H3;1-2H3. The Labute approximate surface area is 102 Å². The predicted molar refractivity (Wildman–Crippen MR) is 71.0 cm³/mol. The Bertz CT molecular complexity index is 108. The summed E-state index contributed by atoms with van der Waals surface area (Å²) in [7, 11) is 0. The maximum Gasteiger partial charge on any atom is 0.0701 e. The second-order valence-corrected chi connectivity index (χ2v) is 3.82. The first-order valence-electron chi connectivity index (χ1n) is 6.63. The first-order valence-corrected chi connectivity index (χ1v) is 6.63. The van der Waals surface area contributed by atoms with E-state index in [0.29, 0.717) is 12.5 Å². The van der Waals surface area contributed by atoms with Crippen LogP contribution in [0.3, 0.4) is 0 Å². The molecule has 0 amide bonds. The van der Waals surface area contributed by atoms with Gasteiger partial charge in [0.1, 0.15) is 0 Å². The molecule has 0 aromatic carbocycles. The Kier molecular flexibility index (Phi) is 19.7. The molecule has 0 rings (SSSR count). The Morgan fingerprint density at radius 1 is 0.938 bits per heavy atom. The fraction of sp³-hybridized carbons (Fsp3) is 1.00. The van der Waals surface area contributed by atoms with E-state index in [1.165, 1.54) is 0 Å². The third-order valence-corrected chi connectivity index (χ3v) is 1.70. The Hall–Kier alpha value is -0.120. The molecule has 3 heteroatoms. The minimum Gasteiger partial charge on any atom is -0.379 e. The summed E-state index contributed by atoms with van der Waals surface area (Å²) < 4.78 is 10.7. The zero-order chi connectivity index (χ0) is 12.6. The van der Waals surface area contributed by atoms with Crippen molar-refractivity contribution in [3.8, 4) is 0 Å². The van der Waals surface area contributed by atoms with Crippen molar-refractivity contribution in [3.05, 3.63) is 0 Å². The summed E-state index contributed by atoms with van der Waals surface area (Å²) in [6.07, 6.45) is 1.08. The lowest BCUT2D eigenvalue weighted by Gasteiger charge is -2.08. The highest BCUT2D eigenvalue weighted by Gasteiger charge is 1.92. The topological polar surface area (TPSA) is 30.5 Å². The van der Waals surface area contributed by atoms with Crippen molar-refractivity contribution in [2.45, 2.75) is 41.0 Å². The Morgan fingerprint density at radius 3 is 2.00 bits per heavy atom. The molecule has 0 aliphatic heterocycles. The monoisotopic (exact) mass is 233 g/mol. The first-order chi connectivity index (χ1) is 7.77. The fourth-order valence-corrected chi connectivity index (χ4v) is 1.00. The van der Waals surface area contributed by atoms with Crippen LogP contribution in [0.1, 0.15) is 41.0 Å². The normalized spacial score (nSPS) is 10.1. The van der Waals surface area contributed by atoms with Crippen LogP contribution in [0.15, 0.2) is 0 Å². The molecule has 0 aliphatic rings. The molecule has 100 valence electrons. The van der Waals surface area contributed by atoms with Crippen molar-refractivity contribution >= 4 is 0 Å². The van der Waals surface area contributed by atoms with Crippen molar-refractivity contribution in [1.82, 2.24) is 5.32 Å². The molecular weight excluding hydrogens is 202 g/mol. The lowest BCUT2D eigenvalue weighted by atomic mass is 10.2. The van der Waals surface area contributed by atoms with Gasteiger partial charge >= 0.3 is 0 Å². The van der Waals surface area contributed by atoms with Gasteiger partial charge in [-0.05, 0) is 18.9 Å². The summed E-state index contributed by atoms with van der Waals surface area (Å²) in [6.45, 7) is 15.6. The van der Waals surface area contributed by atoms with Crippen LogP contribution >= 0.6 is 0 Å². The molecular formula is C13H31NO2. The number of rotatable bonds is 10. The molecule has 0 atom stereocenters. The zero-order valence-corrected chi connectivity index (χ0v) is 11.8. The Morgan fingerprint density at radius 2 is 1.50 bits per heavy atom. The van der Waals surface area contributed by atoms with Crippen LogP contribution in [0, 0.1) is 5.92 Å². The third kappa shape index (κ3) is 19.5. The van der Waals surface area contributed by atoms with Gasteiger partial charge in [0.15, 0.2) is 0 Å². The van der Waals surface area contributed by atoms with Gasteiger partial charge < -0.3 is 14.8 Å². The molecule has 0 bridgehead atoms. The second kappa shape index (κ2) is 17.3. The van der Waals surface area contributed by atoms with E-state index in [-0.39, 0.29) is 0 Å². The molecule has 0 unspecified atom stereocenters. The van der Waals surface area contributed by atoms with Crippen LogP contribution in [0.25, 0.3) is 0 Å². The largest absolute Gasteiger partial charge is 0.379 e. The van der Waals surface area contributed by atoms with E-state index in [4.69, 9.17) is 9.47 Å². The van der Waals surface area contributed by atoms with Crippen molar-refractivity contribution < 1.29 is 9.47 Å². The molecule has 0 heterocycles. The van der Waals surface area contributed by atoms with Crippen LogP contribution in [-0.2, 0) is 9.47 Å². The molecule has 0 aliphatic carbocycles. The van der Waals surface area contributed by atoms with Gasteiger partial charge in [0, 0.05) is 13.2 Å². The molecule has 0 aromatic rings. The van der Waals surface area contributed by atoms with Gasteiger partial charge in [0.25, 0.3) is 0 Å². The highest BCUT2D eigenvalue weighted by atomic mass is 16.5. The summed E-state index contributed by atoms with van der Waals surface area (Å²) in [5, 5.41) is 3.32. The maximum atomic E-state index is 5.37. The highest BCUT2D eigenvalue weighted by molar-refractivity contribution is 4.49. The van der Waals surface area contributed by atoms with E-state index in [1.807, 2.05) is 13.8 Å². The minimum absolute atomic E-state index is 0.711. The van der Waals surface area contributed by atoms with Crippen molar-refractivity contribution in [2.75, 3.05) is 39.5 Å². The van der Waals surface area contributed by atoms with Gasteiger partial charge in [-0.25, -0.2) is 0 Å². The van der Waals surface area contributed by atoms with Gasteiger partial charge in [0.05, 0.1) is 19.8 Å². The second-order valence-electron chi connectivity index (χ2n) is 3.82. The summed E-state index contributed by atoms with van der Waals surface area (Å²) in [6, 6.07) is 0. The van der Waals surface area contributed by atoms with E-state index < -0.39 is 0 Å². The van der Waals surface area contributed by atoms with E-state index >= 15 is 0 Å². The molecule has 0 saturated heterocycles. The van der Waals surface area contributed by atoms with E-state index in [2.05, 4.69) is 26.1 Å². The highest BCUT2D eigenvalue weighted by Crippen LogP contribution is 1.86. The van der Waals surface area contributed by atoms with Crippen LogP contribution in [0.2, 0.25) is 0 Å². The summed E-state index contributed by atoms with van der Waals surface area (Å²) >= 11 is 0. The zero-order valence-electron chi connectivity index (χ0n) is 11.8. The summed E-state index contributed by atoms with van der Waals surface area (Å²) in [5.74, 6) is 0.711. The lowest BCUT2D eigenvalue weighted by Crippen LogP contribution is -2.24. The molecule has 0 saturated carbocycles. The molecule has 0 radical (unpaired) electrons. The first kappa shape index (κ1) is 18.3. The van der Waals surface area contributed by atoms with Gasteiger partial charge in [0.2, 0.25) is 0 Å². The van der Waals surface area contributed by atoms with Crippen LogP contribution < -0.4 is 5.32 Å². The van der Waals surface area contributed by atoms with E-state index in [0.717, 1.165) is 39.3 Å². The number of hydrogen-bond acceptors (Lipinski definition) is 3. The third-order valence-electron chi connectivity index (χ3n) is 1.70. The number of ether oxygens (including phenoxy) is 2. The van der Waals surface area contributed by atoms with E-state index in [9.17, 15) is 0 Å². The summed E-state index contributed by atoms with van der Waals surface area (Å²) in [4.78, 5) is 0. The molecule has 0 spiro atoms. The minimum atomic E-state index is 0.711. The van der Waals surface area contributed by atoms with Crippen LogP contribution in [0.5, 0.6) is 0 Å². The average Bonchev–Trinajstić information content (AvgIpc) is 2.29. The molecule has 3 nitrogen and oxygen atoms in total. The SMILES string of the molecule is CC.CCCOCCOCCNCC(C)C. The molecule has 0 fully saturated rings. The smallest absolute Gasteiger partial charge is 0.0701 e. The Balaban J connectivity index is 0. The van der Waals surface area contributed by atoms with Crippen LogP contribution in [-0.4, -0.2) is 39.5 Å². The van der Waals surface area contributed by atoms with E-state index in [1.54, 1.807) is 0 Å². The fourth-order valence-electron chi connectivity index (χ4n) is 1.00. The number of nitrogens with one attached hydrogen (secondary N) is 1. The lowest BCUT2D eigenvalue weighted by molar-refractivity contribution is 0.0490. The van der Waals surface area contributed by atoms with Crippen molar-refractivity contribution in [3.63, 3.8) is 0 Å². The van der Waals surface area contributed by atoms with Crippen LogP contribution in [0.4, 0.5) is 0 Å².